The summed E-state index contributed by atoms with van der Waals surface area (Å²) in [5.41, 5.74) is 1.27. The van der Waals surface area contributed by atoms with Crippen LogP contribution >= 0.6 is 0 Å². The van der Waals surface area contributed by atoms with E-state index in [4.69, 9.17) is 9.26 Å². The average molecular weight is 331 g/mol. The topological polar surface area (TPSA) is 78.0 Å². The van der Waals surface area contributed by atoms with Gasteiger partial charge < -0.3 is 14.6 Å². The summed E-state index contributed by atoms with van der Waals surface area (Å²) in [6.07, 6.45) is 8.00. The summed E-state index contributed by atoms with van der Waals surface area (Å²) in [6.45, 7) is 4.29. The Kier molecular flexibility index (Phi) is 4.62. The van der Waals surface area contributed by atoms with E-state index < -0.39 is 0 Å². The van der Waals surface area contributed by atoms with Gasteiger partial charge in [0.2, 0.25) is 0 Å². The lowest BCUT2D eigenvalue weighted by atomic mass is 10.0. The van der Waals surface area contributed by atoms with Crippen LogP contribution in [-0.4, -0.2) is 33.1 Å². The molecule has 2 fully saturated rings. The van der Waals surface area contributed by atoms with E-state index in [0.717, 1.165) is 26.1 Å². The second-order valence-electron chi connectivity index (χ2n) is 6.86. The molecule has 1 N–H and O–H groups in total. The zero-order valence-electron chi connectivity index (χ0n) is 14.1. The van der Waals surface area contributed by atoms with E-state index in [1.807, 2.05) is 13.1 Å². The van der Waals surface area contributed by atoms with Crippen LogP contribution in [0.3, 0.4) is 0 Å². The summed E-state index contributed by atoms with van der Waals surface area (Å²) in [6, 6.07) is 2.70. The zero-order valence-corrected chi connectivity index (χ0v) is 14.1. The van der Waals surface area contributed by atoms with Crippen LogP contribution in [0.4, 0.5) is 0 Å². The van der Waals surface area contributed by atoms with Crippen molar-refractivity contribution in [1.29, 1.82) is 0 Å². The molecule has 2 atom stereocenters. The molecule has 2 aliphatic rings. The van der Waals surface area contributed by atoms with E-state index in [1.54, 1.807) is 0 Å². The molecule has 24 heavy (non-hydrogen) atoms. The average Bonchev–Trinajstić information content (AvgIpc) is 3.35. The molecule has 1 aliphatic heterocycles. The largest absolute Gasteiger partial charge is 0.368 e. The van der Waals surface area contributed by atoms with Crippen LogP contribution < -0.4 is 5.32 Å². The van der Waals surface area contributed by atoms with Crippen LogP contribution in [0.2, 0.25) is 0 Å². The minimum atomic E-state index is -0.0848. The van der Waals surface area contributed by atoms with Gasteiger partial charge in [-0.05, 0) is 32.3 Å². The molecule has 130 valence electrons. The number of nitrogens with one attached hydrogen (secondary N) is 1. The first-order valence-electron chi connectivity index (χ1n) is 8.96. The van der Waals surface area contributed by atoms with Gasteiger partial charge in [-0.2, -0.15) is 10.1 Å². The molecular formula is C17H25N5O2. The Labute approximate surface area is 141 Å². The zero-order chi connectivity index (χ0) is 16.4. The third kappa shape index (κ3) is 3.23. The summed E-state index contributed by atoms with van der Waals surface area (Å²) < 4.78 is 13.3. The van der Waals surface area contributed by atoms with E-state index in [1.165, 1.54) is 31.4 Å². The molecule has 1 saturated carbocycles. The molecule has 2 aromatic heterocycles. The first-order valence-corrected chi connectivity index (χ1v) is 8.96. The Balaban J connectivity index is 1.33. The fourth-order valence-corrected chi connectivity index (χ4v) is 3.89. The number of aromatic nitrogens is 4. The van der Waals surface area contributed by atoms with Crippen LogP contribution in [0.5, 0.6) is 0 Å². The Morgan fingerprint density at radius 1 is 1.29 bits per heavy atom. The summed E-state index contributed by atoms with van der Waals surface area (Å²) in [4.78, 5) is 4.32. The van der Waals surface area contributed by atoms with Gasteiger partial charge in [0, 0.05) is 31.8 Å². The fraction of sp³-hybridized carbons (Fsp3) is 0.706. The lowest BCUT2D eigenvalue weighted by molar-refractivity contribution is 0.0623. The van der Waals surface area contributed by atoms with Crippen molar-refractivity contribution in [2.45, 2.75) is 57.7 Å². The molecule has 7 heteroatoms. The maximum atomic E-state index is 5.80. The van der Waals surface area contributed by atoms with Gasteiger partial charge in [0.05, 0.1) is 11.7 Å². The van der Waals surface area contributed by atoms with E-state index in [9.17, 15) is 0 Å². The van der Waals surface area contributed by atoms with Crippen molar-refractivity contribution in [2.75, 3.05) is 13.2 Å². The number of aryl methyl sites for hydroxylation is 1. The van der Waals surface area contributed by atoms with E-state index >= 15 is 0 Å². The van der Waals surface area contributed by atoms with Gasteiger partial charge in [0.15, 0.2) is 5.82 Å². The number of nitrogens with zero attached hydrogens (tertiary/aromatic N) is 4. The molecule has 7 nitrogen and oxygen atoms in total. The number of ether oxygens (including phenoxy) is 1. The highest BCUT2D eigenvalue weighted by Crippen LogP contribution is 2.33. The highest BCUT2D eigenvalue weighted by atomic mass is 16.5. The first kappa shape index (κ1) is 15.8. The van der Waals surface area contributed by atoms with Crippen molar-refractivity contribution in [2.24, 2.45) is 5.92 Å². The molecule has 0 aromatic carbocycles. The van der Waals surface area contributed by atoms with Crippen molar-refractivity contribution >= 4 is 0 Å². The van der Waals surface area contributed by atoms with Gasteiger partial charge in [0.1, 0.15) is 6.10 Å². The maximum absolute atomic E-state index is 5.80. The van der Waals surface area contributed by atoms with Crippen LogP contribution in [0, 0.1) is 12.8 Å². The summed E-state index contributed by atoms with van der Waals surface area (Å²) in [7, 11) is 0. The van der Waals surface area contributed by atoms with Gasteiger partial charge in [-0.3, -0.25) is 4.68 Å². The summed E-state index contributed by atoms with van der Waals surface area (Å²) >= 11 is 0. The van der Waals surface area contributed by atoms with Crippen LogP contribution in [0.25, 0.3) is 0 Å². The van der Waals surface area contributed by atoms with Crippen molar-refractivity contribution < 1.29 is 9.26 Å². The van der Waals surface area contributed by atoms with Crippen LogP contribution in [0.1, 0.15) is 61.7 Å². The normalized spacial score (nSPS) is 24.9. The molecule has 4 rings (SSSR count). The third-order valence-corrected chi connectivity index (χ3v) is 5.14. The van der Waals surface area contributed by atoms with Gasteiger partial charge in [-0.1, -0.05) is 18.0 Å². The molecule has 0 bridgehead atoms. The van der Waals surface area contributed by atoms with Crippen molar-refractivity contribution in [3.8, 4) is 0 Å². The molecule has 3 heterocycles. The van der Waals surface area contributed by atoms with Crippen LogP contribution in [-0.2, 0) is 11.3 Å². The molecule has 0 spiro atoms. The Morgan fingerprint density at radius 3 is 2.96 bits per heavy atom. The van der Waals surface area contributed by atoms with Crippen molar-refractivity contribution in [1.82, 2.24) is 25.2 Å². The lowest BCUT2D eigenvalue weighted by Crippen LogP contribution is -2.26. The maximum Gasteiger partial charge on any atom is 0.256 e. The number of hydrogen-bond donors (Lipinski definition) is 1. The fourth-order valence-electron chi connectivity index (χ4n) is 3.89. The molecule has 1 saturated heterocycles. The standard InChI is InChI=1S/C17H25N5O2/c1-12-20-17(24-21-12)16-13(7-9-23-16)10-18-11-15-6-8-19-22(15)14-4-2-3-5-14/h6,8,13-14,16,18H,2-5,7,9-11H2,1H3/t13-,16-/m0/s1. The minimum Gasteiger partial charge on any atom is -0.368 e. The van der Waals surface area contributed by atoms with Gasteiger partial charge in [-0.25, -0.2) is 0 Å². The smallest absolute Gasteiger partial charge is 0.256 e. The van der Waals surface area contributed by atoms with Gasteiger partial charge in [0.25, 0.3) is 5.89 Å². The first-order chi connectivity index (χ1) is 11.8. The summed E-state index contributed by atoms with van der Waals surface area (Å²) in [5.74, 6) is 1.63. The van der Waals surface area contributed by atoms with E-state index in [2.05, 4.69) is 31.3 Å². The highest BCUT2D eigenvalue weighted by Gasteiger charge is 2.33. The second-order valence-corrected chi connectivity index (χ2v) is 6.86. The predicted molar refractivity (Wildman–Crippen MR) is 87.3 cm³/mol. The molecule has 2 aromatic rings. The molecule has 0 unspecified atom stereocenters. The minimum absolute atomic E-state index is 0.0848. The Hall–Kier alpha value is -1.73. The van der Waals surface area contributed by atoms with Gasteiger partial charge in [-0.15, -0.1) is 0 Å². The Bertz CT molecular complexity index is 661. The molecule has 0 amide bonds. The molecule has 1 aliphatic carbocycles. The number of hydrogen-bond acceptors (Lipinski definition) is 6. The SMILES string of the molecule is Cc1noc([C@H]2OCC[C@H]2CNCc2ccnn2C2CCCC2)n1. The number of rotatable bonds is 6. The van der Waals surface area contributed by atoms with Crippen molar-refractivity contribution in [3.05, 3.63) is 29.7 Å². The quantitative estimate of drug-likeness (QED) is 0.876. The van der Waals surface area contributed by atoms with Crippen molar-refractivity contribution in [3.63, 3.8) is 0 Å². The van der Waals surface area contributed by atoms with Crippen LogP contribution in [0.15, 0.2) is 16.8 Å². The van der Waals surface area contributed by atoms with Gasteiger partial charge >= 0.3 is 0 Å². The molecular weight excluding hydrogens is 306 g/mol. The summed E-state index contributed by atoms with van der Waals surface area (Å²) in [5, 5.41) is 12.0. The predicted octanol–water partition coefficient (Wildman–Crippen LogP) is 2.56. The molecule has 0 radical (unpaired) electrons. The van der Waals surface area contributed by atoms with E-state index in [0.29, 0.717) is 23.7 Å². The second kappa shape index (κ2) is 7.03. The third-order valence-electron chi connectivity index (χ3n) is 5.14. The van der Waals surface area contributed by atoms with E-state index in [-0.39, 0.29) is 6.10 Å². The highest BCUT2D eigenvalue weighted by molar-refractivity contribution is 5.03. The lowest BCUT2D eigenvalue weighted by Gasteiger charge is -2.17. The Morgan fingerprint density at radius 2 is 2.17 bits per heavy atom. The monoisotopic (exact) mass is 331 g/mol.